The molecule has 0 bridgehead atoms. The summed E-state index contributed by atoms with van der Waals surface area (Å²) in [5.74, 6) is 0.588. The van der Waals surface area contributed by atoms with E-state index in [0.29, 0.717) is 12.5 Å². The zero-order valence-electron chi connectivity index (χ0n) is 8.20. The third kappa shape index (κ3) is 3.49. The van der Waals surface area contributed by atoms with Crippen LogP contribution < -0.4 is 0 Å². The molecule has 0 aliphatic rings. The summed E-state index contributed by atoms with van der Waals surface area (Å²) in [6, 6.07) is 4.27. The maximum Gasteiger partial charge on any atom is 0.0437 e. The topological polar surface area (TPSA) is 20.2 Å². The van der Waals surface area contributed by atoms with Crippen molar-refractivity contribution in [3.05, 3.63) is 22.4 Å². The van der Waals surface area contributed by atoms with Crippen molar-refractivity contribution in [2.24, 2.45) is 0 Å². The summed E-state index contributed by atoms with van der Waals surface area (Å²) in [4.78, 5) is 1.43. The Morgan fingerprint density at radius 2 is 2.31 bits per heavy atom. The molecule has 1 aromatic rings. The minimum atomic E-state index is 0.312. The highest BCUT2D eigenvalue weighted by Crippen LogP contribution is 2.28. The Morgan fingerprint density at radius 3 is 2.85 bits per heavy atom. The van der Waals surface area contributed by atoms with Crippen LogP contribution in [-0.4, -0.2) is 11.7 Å². The highest BCUT2D eigenvalue weighted by molar-refractivity contribution is 7.10. The fraction of sp³-hybridized carbons (Fsp3) is 0.636. The minimum absolute atomic E-state index is 0.312. The molecule has 0 saturated carbocycles. The Hall–Kier alpha value is -0.340. The summed E-state index contributed by atoms with van der Waals surface area (Å²) >= 11 is 1.81. The van der Waals surface area contributed by atoms with E-state index in [1.54, 1.807) is 0 Å². The molecule has 0 fully saturated rings. The molecule has 1 atom stereocenters. The molecule has 1 aromatic heterocycles. The van der Waals surface area contributed by atoms with Crippen molar-refractivity contribution in [3.63, 3.8) is 0 Å². The normalized spacial score (nSPS) is 13.1. The summed E-state index contributed by atoms with van der Waals surface area (Å²) in [5.41, 5.74) is 0. The Morgan fingerprint density at radius 1 is 1.46 bits per heavy atom. The molecule has 1 N–H and O–H groups in total. The van der Waals surface area contributed by atoms with E-state index in [2.05, 4.69) is 24.4 Å². The number of hydrogen-bond acceptors (Lipinski definition) is 2. The van der Waals surface area contributed by atoms with E-state index in [0.717, 1.165) is 6.42 Å². The lowest BCUT2D eigenvalue weighted by molar-refractivity contribution is 0.272. The number of rotatable bonds is 6. The van der Waals surface area contributed by atoms with Crippen LogP contribution >= 0.6 is 11.3 Å². The van der Waals surface area contributed by atoms with Gasteiger partial charge in [0.05, 0.1) is 0 Å². The molecule has 0 unspecified atom stereocenters. The maximum absolute atomic E-state index is 8.94. The first-order valence-electron chi connectivity index (χ1n) is 5.02. The van der Waals surface area contributed by atoms with Crippen LogP contribution in [0.2, 0.25) is 0 Å². The fourth-order valence-electron chi connectivity index (χ4n) is 1.56. The van der Waals surface area contributed by atoms with E-state index in [9.17, 15) is 0 Å². The lowest BCUT2D eigenvalue weighted by Gasteiger charge is -2.12. The molecule has 0 aromatic carbocycles. The third-order valence-electron chi connectivity index (χ3n) is 2.33. The number of thiophene rings is 1. The molecule has 0 spiro atoms. The molecule has 0 aliphatic heterocycles. The number of aliphatic hydroxyl groups excluding tert-OH is 1. The second-order valence-electron chi connectivity index (χ2n) is 3.37. The first kappa shape index (κ1) is 10.7. The third-order valence-corrected chi connectivity index (χ3v) is 3.36. The van der Waals surface area contributed by atoms with Gasteiger partial charge < -0.3 is 5.11 Å². The predicted molar refractivity (Wildman–Crippen MR) is 58.3 cm³/mol. The Balaban J connectivity index is 2.47. The SMILES string of the molecule is CCCC[C@H](CCO)c1cccs1. The average molecular weight is 198 g/mol. The Bertz CT molecular complexity index is 206. The van der Waals surface area contributed by atoms with Gasteiger partial charge in [-0.2, -0.15) is 0 Å². The van der Waals surface area contributed by atoms with Gasteiger partial charge in [0, 0.05) is 11.5 Å². The molecule has 1 nitrogen and oxygen atoms in total. The minimum Gasteiger partial charge on any atom is -0.396 e. The lowest BCUT2D eigenvalue weighted by Crippen LogP contribution is -1.99. The van der Waals surface area contributed by atoms with Gasteiger partial charge in [-0.1, -0.05) is 25.8 Å². The molecule has 1 rings (SSSR count). The quantitative estimate of drug-likeness (QED) is 0.742. The van der Waals surface area contributed by atoms with Gasteiger partial charge in [0.15, 0.2) is 0 Å². The van der Waals surface area contributed by atoms with Gasteiger partial charge in [0.2, 0.25) is 0 Å². The first-order valence-corrected chi connectivity index (χ1v) is 5.90. The van der Waals surface area contributed by atoms with E-state index in [-0.39, 0.29) is 0 Å². The number of aliphatic hydroxyl groups is 1. The molecule has 13 heavy (non-hydrogen) atoms. The molecule has 0 saturated heterocycles. The van der Waals surface area contributed by atoms with Crippen molar-refractivity contribution in [3.8, 4) is 0 Å². The van der Waals surface area contributed by atoms with Gasteiger partial charge in [-0.15, -0.1) is 11.3 Å². The van der Waals surface area contributed by atoms with Crippen molar-refractivity contribution in [1.82, 2.24) is 0 Å². The fourth-order valence-corrected chi connectivity index (χ4v) is 2.46. The van der Waals surface area contributed by atoms with Gasteiger partial charge >= 0.3 is 0 Å². The largest absolute Gasteiger partial charge is 0.396 e. The van der Waals surface area contributed by atoms with Crippen molar-refractivity contribution < 1.29 is 5.11 Å². The standard InChI is InChI=1S/C11H18OS/c1-2-3-5-10(7-8-12)11-6-4-9-13-11/h4,6,9-10,12H,2-3,5,7-8H2,1H3/t10-/m1/s1. The average Bonchev–Trinajstić information content (AvgIpc) is 2.65. The highest BCUT2D eigenvalue weighted by Gasteiger charge is 2.10. The van der Waals surface area contributed by atoms with Crippen LogP contribution in [0.25, 0.3) is 0 Å². The maximum atomic E-state index is 8.94. The molecule has 1 heterocycles. The van der Waals surface area contributed by atoms with Gasteiger partial charge in [0.1, 0.15) is 0 Å². The smallest absolute Gasteiger partial charge is 0.0437 e. The van der Waals surface area contributed by atoms with Crippen LogP contribution in [0.15, 0.2) is 17.5 Å². The summed E-state index contributed by atoms with van der Waals surface area (Å²) in [5, 5.41) is 11.1. The van der Waals surface area contributed by atoms with Crippen molar-refractivity contribution in [2.75, 3.05) is 6.61 Å². The summed E-state index contributed by atoms with van der Waals surface area (Å²) < 4.78 is 0. The monoisotopic (exact) mass is 198 g/mol. The van der Waals surface area contributed by atoms with Crippen LogP contribution in [-0.2, 0) is 0 Å². The predicted octanol–water partition coefficient (Wildman–Crippen LogP) is 3.40. The molecule has 0 radical (unpaired) electrons. The van der Waals surface area contributed by atoms with Gasteiger partial charge in [-0.25, -0.2) is 0 Å². The van der Waals surface area contributed by atoms with Crippen LogP contribution in [0.3, 0.4) is 0 Å². The van der Waals surface area contributed by atoms with E-state index in [1.165, 1.54) is 24.1 Å². The van der Waals surface area contributed by atoms with Crippen LogP contribution in [0.4, 0.5) is 0 Å². The lowest BCUT2D eigenvalue weighted by atomic mass is 9.97. The van der Waals surface area contributed by atoms with Crippen LogP contribution in [0.5, 0.6) is 0 Å². The molecule has 0 amide bonds. The van der Waals surface area contributed by atoms with Crippen LogP contribution in [0.1, 0.15) is 43.4 Å². The molecular formula is C11H18OS. The zero-order chi connectivity index (χ0) is 9.52. The van der Waals surface area contributed by atoms with Crippen molar-refractivity contribution in [1.29, 1.82) is 0 Å². The van der Waals surface area contributed by atoms with Gasteiger partial charge in [-0.05, 0) is 30.2 Å². The van der Waals surface area contributed by atoms with E-state index >= 15 is 0 Å². The first-order chi connectivity index (χ1) is 6.38. The van der Waals surface area contributed by atoms with E-state index < -0.39 is 0 Å². The van der Waals surface area contributed by atoms with Crippen LogP contribution in [0, 0.1) is 0 Å². The number of hydrogen-bond donors (Lipinski definition) is 1. The zero-order valence-corrected chi connectivity index (χ0v) is 9.02. The van der Waals surface area contributed by atoms with Gasteiger partial charge in [-0.3, -0.25) is 0 Å². The van der Waals surface area contributed by atoms with E-state index in [1.807, 2.05) is 11.3 Å². The molecule has 2 heteroatoms. The Kier molecular flexibility index (Phi) is 5.09. The van der Waals surface area contributed by atoms with Crippen molar-refractivity contribution in [2.45, 2.75) is 38.5 Å². The molecule has 74 valence electrons. The second kappa shape index (κ2) is 6.17. The van der Waals surface area contributed by atoms with Crippen molar-refractivity contribution >= 4 is 11.3 Å². The number of unbranched alkanes of at least 4 members (excludes halogenated alkanes) is 1. The highest BCUT2D eigenvalue weighted by atomic mass is 32.1. The Labute approximate surface area is 84.4 Å². The summed E-state index contributed by atoms with van der Waals surface area (Å²) in [6.07, 6.45) is 4.65. The summed E-state index contributed by atoms with van der Waals surface area (Å²) in [7, 11) is 0. The molecule has 0 aliphatic carbocycles. The second-order valence-corrected chi connectivity index (χ2v) is 4.35. The van der Waals surface area contributed by atoms with E-state index in [4.69, 9.17) is 5.11 Å². The summed E-state index contributed by atoms with van der Waals surface area (Å²) in [6.45, 7) is 2.52. The van der Waals surface area contributed by atoms with Gasteiger partial charge in [0.25, 0.3) is 0 Å². The molecular weight excluding hydrogens is 180 g/mol.